The van der Waals surface area contributed by atoms with Crippen LogP contribution in [0.1, 0.15) is 48.5 Å². The summed E-state index contributed by atoms with van der Waals surface area (Å²) >= 11 is 0. The molecule has 9 heteroatoms. The van der Waals surface area contributed by atoms with Crippen LogP contribution >= 0.6 is 0 Å². The number of hydrogen-bond acceptors (Lipinski definition) is 5. The maximum atomic E-state index is 14.2. The normalized spacial score (nSPS) is 17.0. The topological polar surface area (TPSA) is 87.7 Å². The van der Waals surface area contributed by atoms with Crippen LogP contribution in [0.25, 0.3) is 0 Å². The van der Waals surface area contributed by atoms with Gasteiger partial charge < -0.3 is 24.4 Å². The third-order valence-corrected chi connectivity index (χ3v) is 8.89. The lowest BCUT2D eigenvalue weighted by atomic mass is 9.92. The Morgan fingerprint density at radius 1 is 1.08 bits per heavy atom. The summed E-state index contributed by atoms with van der Waals surface area (Å²) < 4.78 is 39.0. The van der Waals surface area contributed by atoms with E-state index in [0.29, 0.717) is 6.92 Å². The van der Waals surface area contributed by atoms with Gasteiger partial charge in [-0.25, -0.2) is 13.6 Å². The molecule has 0 radical (unpaired) electrons. The standard InChI is InChI=1S/C16H31F2NO5Si/c1-10(2)23-13(22)19-11(16(7,17)18)15(6,12(20)21)24-25(8,9)14(3,4)5/h10-11H,1-9H3,(H,19,22)(H,20,21)/p-1/t11-,15-/m1/s1. The molecular formula is C16H30F2NO5Si-. The minimum absolute atomic E-state index is 0.435. The summed E-state index contributed by atoms with van der Waals surface area (Å²) in [7, 11) is -2.77. The number of carbonyl (C=O) groups excluding carboxylic acids is 2. The van der Waals surface area contributed by atoms with E-state index in [9.17, 15) is 23.5 Å². The first-order valence-electron chi connectivity index (χ1n) is 8.11. The number of carboxylic acid groups (broad SMARTS) is 1. The van der Waals surface area contributed by atoms with E-state index in [4.69, 9.17) is 9.16 Å². The molecule has 0 spiro atoms. The van der Waals surface area contributed by atoms with Crippen LogP contribution in [0, 0.1) is 0 Å². The van der Waals surface area contributed by atoms with Crippen LogP contribution in [0.2, 0.25) is 18.1 Å². The molecule has 0 aliphatic rings. The monoisotopic (exact) mass is 382 g/mol. The highest BCUT2D eigenvalue weighted by Gasteiger charge is 2.54. The third kappa shape index (κ3) is 6.21. The van der Waals surface area contributed by atoms with Crippen molar-refractivity contribution >= 4 is 20.4 Å². The highest BCUT2D eigenvalue weighted by molar-refractivity contribution is 6.74. The molecule has 1 N–H and O–H groups in total. The number of hydrogen-bond donors (Lipinski definition) is 1. The summed E-state index contributed by atoms with van der Waals surface area (Å²) in [6, 6.07) is -2.16. The number of nitrogens with one attached hydrogen (secondary N) is 1. The molecule has 0 rings (SSSR count). The van der Waals surface area contributed by atoms with Crippen molar-refractivity contribution in [3.8, 4) is 0 Å². The fourth-order valence-electron chi connectivity index (χ4n) is 2.02. The number of rotatable bonds is 7. The minimum Gasteiger partial charge on any atom is -0.547 e. The summed E-state index contributed by atoms with van der Waals surface area (Å²) in [5, 5.41) is 13.3. The van der Waals surface area contributed by atoms with E-state index in [1.165, 1.54) is 0 Å². The van der Waals surface area contributed by atoms with Gasteiger partial charge in [0.1, 0.15) is 11.6 Å². The molecule has 0 aliphatic carbocycles. The van der Waals surface area contributed by atoms with Gasteiger partial charge in [0.25, 0.3) is 5.92 Å². The van der Waals surface area contributed by atoms with Crippen LogP contribution in [0.4, 0.5) is 13.6 Å². The summed E-state index contributed by atoms with van der Waals surface area (Å²) in [6.45, 7) is 13.6. The summed E-state index contributed by atoms with van der Waals surface area (Å²) in [5.41, 5.74) is -2.43. The molecule has 0 aromatic heterocycles. The van der Waals surface area contributed by atoms with Gasteiger partial charge >= 0.3 is 6.09 Å². The molecule has 148 valence electrons. The van der Waals surface area contributed by atoms with Crippen molar-refractivity contribution in [1.82, 2.24) is 5.32 Å². The number of aliphatic carboxylic acids is 1. The molecule has 25 heavy (non-hydrogen) atoms. The molecular weight excluding hydrogens is 352 g/mol. The molecule has 0 heterocycles. The average Bonchev–Trinajstić information content (AvgIpc) is 2.31. The molecule has 2 atom stereocenters. The molecule has 0 aromatic carbocycles. The molecule has 0 unspecified atom stereocenters. The SMILES string of the molecule is CC(C)OC(=O)N[C@@H](C(C)(F)F)[C@@](C)(O[Si](C)(C)C(C)(C)C)C(=O)[O-]. The van der Waals surface area contributed by atoms with Crippen molar-refractivity contribution in [2.75, 3.05) is 0 Å². The van der Waals surface area contributed by atoms with Crippen LogP contribution in [0.15, 0.2) is 0 Å². The Balaban J connectivity index is 5.94. The zero-order valence-electron chi connectivity index (χ0n) is 16.5. The average molecular weight is 383 g/mol. The number of alkyl halides is 2. The largest absolute Gasteiger partial charge is 0.547 e. The number of alkyl carbamates (subject to hydrolysis) is 1. The smallest absolute Gasteiger partial charge is 0.407 e. The second kappa shape index (κ2) is 7.57. The molecule has 6 nitrogen and oxygen atoms in total. The number of carboxylic acids is 1. The lowest BCUT2D eigenvalue weighted by molar-refractivity contribution is -0.326. The van der Waals surface area contributed by atoms with Crippen molar-refractivity contribution in [3.63, 3.8) is 0 Å². The summed E-state index contributed by atoms with van der Waals surface area (Å²) in [4.78, 5) is 23.6. The Hall–Kier alpha value is -1.22. The Morgan fingerprint density at radius 2 is 1.52 bits per heavy atom. The molecule has 0 fully saturated rings. The fourth-order valence-corrected chi connectivity index (χ4v) is 3.58. The van der Waals surface area contributed by atoms with E-state index in [0.717, 1.165) is 6.92 Å². The quantitative estimate of drug-likeness (QED) is 0.684. The van der Waals surface area contributed by atoms with Crippen LogP contribution in [-0.4, -0.2) is 44.0 Å². The van der Waals surface area contributed by atoms with Gasteiger partial charge in [-0.1, -0.05) is 20.8 Å². The lowest BCUT2D eigenvalue weighted by Gasteiger charge is -2.48. The Kier molecular flexibility index (Phi) is 7.20. The van der Waals surface area contributed by atoms with Crippen molar-refractivity contribution < 1.29 is 32.6 Å². The second-order valence-corrected chi connectivity index (χ2v) is 13.0. The molecule has 0 aliphatic heterocycles. The minimum atomic E-state index is -3.59. The van der Waals surface area contributed by atoms with Crippen LogP contribution in [0.5, 0.6) is 0 Å². The van der Waals surface area contributed by atoms with Gasteiger partial charge in [-0.3, -0.25) is 0 Å². The Labute approximate surface area is 149 Å². The predicted molar refractivity (Wildman–Crippen MR) is 90.9 cm³/mol. The van der Waals surface area contributed by atoms with Gasteiger partial charge in [0.2, 0.25) is 0 Å². The van der Waals surface area contributed by atoms with Crippen LogP contribution < -0.4 is 10.4 Å². The predicted octanol–water partition coefficient (Wildman–Crippen LogP) is 2.68. The first-order chi connectivity index (χ1) is 10.8. The van der Waals surface area contributed by atoms with Crippen molar-refractivity contribution in [2.24, 2.45) is 0 Å². The molecule has 0 saturated carbocycles. The summed E-state index contributed by atoms with van der Waals surface area (Å²) in [6.07, 6.45) is -1.70. The maximum absolute atomic E-state index is 14.2. The third-order valence-electron chi connectivity index (χ3n) is 4.34. The van der Waals surface area contributed by atoms with E-state index in [1.807, 2.05) is 26.1 Å². The molecule has 1 amide bonds. The number of ether oxygens (including phenoxy) is 1. The van der Waals surface area contributed by atoms with Gasteiger partial charge in [0.05, 0.1) is 12.1 Å². The maximum Gasteiger partial charge on any atom is 0.407 e. The Morgan fingerprint density at radius 3 is 1.80 bits per heavy atom. The van der Waals surface area contributed by atoms with E-state index < -0.39 is 49.1 Å². The van der Waals surface area contributed by atoms with Crippen molar-refractivity contribution in [2.45, 2.75) is 90.3 Å². The van der Waals surface area contributed by atoms with Gasteiger partial charge in [0, 0.05) is 6.92 Å². The zero-order chi connectivity index (χ0) is 20.4. The zero-order valence-corrected chi connectivity index (χ0v) is 17.5. The molecule has 0 bridgehead atoms. The van der Waals surface area contributed by atoms with E-state index in [2.05, 4.69) is 0 Å². The van der Waals surface area contributed by atoms with E-state index in [-0.39, 0.29) is 0 Å². The van der Waals surface area contributed by atoms with Crippen molar-refractivity contribution in [3.05, 3.63) is 0 Å². The number of amides is 1. The van der Waals surface area contributed by atoms with E-state index in [1.54, 1.807) is 26.9 Å². The van der Waals surface area contributed by atoms with Gasteiger partial charge in [-0.2, -0.15) is 0 Å². The summed E-state index contributed by atoms with van der Waals surface area (Å²) in [5.74, 6) is -5.42. The highest BCUT2D eigenvalue weighted by Crippen LogP contribution is 2.41. The highest BCUT2D eigenvalue weighted by atomic mass is 28.4. The van der Waals surface area contributed by atoms with Gasteiger partial charge in [-0.15, -0.1) is 0 Å². The second-order valence-electron chi connectivity index (χ2n) is 8.24. The fraction of sp³-hybridized carbons (Fsp3) is 0.875. The van der Waals surface area contributed by atoms with Crippen LogP contribution in [-0.2, 0) is 14.0 Å². The first kappa shape index (κ1) is 23.8. The van der Waals surface area contributed by atoms with Gasteiger partial charge in [-0.05, 0) is 38.9 Å². The lowest BCUT2D eigenvalue weighted by Crippen LogP contribution is -2.70. The Bertz CT molecular complexity index is 500. The first-order valence-corrected chi connectivity index (χ1v) is 11.0. The van der Waals surface area contributed by atoms with Crippen LogP contribution in [0.3, 0.4) is 0 Å². The van der Waals surface area contributed by atoms with Gasteiger partial charge in [0.15, 0.2) is 8.32 Å². The number of carbonyl (C=O) groups is 2. The molecule has 0 aromatic rings. The van der Waals surface area contributed by atoms with E-state index >= 15 is 0 Å². The van der Waals surface area contributed by atoms with Crippen molar-refractivity contribution in [1.29, 1.82) is 0 Å². The number of halogens is 2. The molecule has 0 saturated heterocycles.